The average Bonchev–Trinajstić information content (AvgIpc) is 3.11. The van der Waals surface area contributed by atoms with E-state index >= 15 is 0 Å². The summed E-state index contributed by atoms with van der Waals surface area (Å²) in [6.07, 6.45) is 0.0650. The van der Waals surface area contributed by atoms with E-state index < -0.39 is 5.91 Å². The molecule has 0 radical (unpaired) electrons. The van der Waals surface area contributed by atoms with Crippen molar-refractivity contribution in [3.63, 3.8) is 0 Å². The number of rotatable bonds is 7. The Morgan fingerprint density at radius 1 is 1.07 bits per heavy atom. The lowest BCUT2D eigenvalue weighted by atomic mass is 10.2. The minimum atomic E-state index is -0.472. The summed E-state index contributed by atoms with van der Waals surface area (Å²) >= 11 is 3.37. The van der Waals surface area contributed by atoms with Gasteiger partial charge < -0.3 is 10.6 Å². The van der Waals surface area contributed by atoms with Crippen molar-refractivity contribution < 1.29 is 9.59 Å². The van der Waals surface area contributed by atoms with E-state index in [1.807, 2.05) is 42.5 Å². The van der Waals surface area contributed by atoms with Crippen LogP contribution >= 0.6 is 15.9 Å². The first-order valence-electron chi connectivity index (χ1n) is 8.20. The maximum Gasteiger partial charge on any atom is 0.250 e. The molecule has 9 heteroatoms. The summed E-state index contributed by atoms with van der Waals surface area (Å²) in [6, 6.07) is 16.5. The van der Waals surface area contributed by atoms with Crippen LogP contribution in [-0.4, -0.2) is 38.6 Å². The Hall–Kier alpha value is -3.07. The van der Waals surface area contributed by atoms with Gasteiger partial charge in [-0.15, -0.1) is 10.2 Å². The third-order valence-corrected chi connectivity index (χ3v) is 4.31. The van der Waals surface area contributed by atoms with Gasteiger partial charge in [0.2, 0.25) is 11.7 Å². The van der Waals surface area contributed by atoms with Gasteiger partial charge in [0.05, 0.1) is 0 Å². The van der Waals surface area contributed by atoms with Crippen molar-refractivity contribution in [1.82, 2.24) is 20.2 Å². The van der Waals surface area contributed by atoms with Crippen LogP contribution < -0.4 is 10.6 Å². The van der Waals surface area contributed by atoms with Crippen LogP contribution in [0.5, 0.6) is 0 Å². The molecular weight excluding hydrogens is 412 g/mol. The van der Waals surface area contributed by atoms with E-state index in [0.29, 0.717) is 11.5 Å². The molecule has 0 fully saturated rings. The number of carbonyl (C=O) groups excluding carboxylic acids is 2. The van der Waals surface area contributed by atoms with E-state index in [0.717, 1.165) is 10.0 Å². The van der Waals surface area contributed by atoms with Gasteiger partial charge in [0.15, 0.2) is 0 Å². The molecule has 3 aromatic rings. The van der Waals surface area contributed by atoms with Crippen molar-refractivity contribution in [3.05, 3.63) is 59.1 Å². The fraction of sp³-hybridized carbons (Fsp3) is 0.167. The van der Waals surface area contributed by atoms with Crippen LogP contribution in [-0.2, 0) is 16.1 Å². The second kappa shape index (κ2) is 8.54. The van der Waals surface area contributed by atoms with Gasteiger partial charge in [-0.2, -0.15) is 4.80 Å². The zero-order valence-corrected chi connectivity index (χ0v) is 15.9. The summed E-state index contributed by atoms with van der Waals surface area (Å²) in [5.74, 6) is -0.305. The minimum Gasteiger partial charge on any atom is -0.370 e. The summed E-state index contributed by atoms with van der Waals surface area (Å²) in [7, 11) is 0. The first-order chi connectivity index (χ1) is 13.0. The molecular formula is C18H17BrN6O2. The molecule has 8 nitrogen and oxygen atoms in total. The smallest absolute Gasteiger partial charge is 0.250 e. The van der Waals surface area contributed by atoms with E-state index in [1.54, 1.807) is 12.1 Å². The van der Waals surface area contributed by atoms with Gasteiger partial charge >= 0.3 is 0 Å². The van der Waals surface area contributed by atoms with Crippen LogP contribution in [0, 0.1) is 0 Å². The second-order valence-electron chi connectivity index (χ2n) is 5.75. The molecule has 138 valence electrons. The van der Waals surface area contributed by atoms with Crippen LogP contribution in [0.2, 0.25) is 0 Å². The van der Waals surface area contributed by atoms with Crippen LogP contribution in [0.1, 0.15) is 6.42 Å². The van der Waals surface area contributed by atoms with Crippen LogP contribution in [0.25, 0.3) is 11.4 Å². The number of anilines is 1. The number of halogens is 1. The molecule has 0 atom stereocenters. The Labute approximate surface area is 164 Å². The number of primary amides is 1. The number of hydrogen-bond acceptors (Lipinski definition) is 5. The summed E-state index contributed by atoms with van der Waals surface area (Å²) in [5.41, 5.74) is 6.70. The quantitative estimate of drug-likeness (QED) is 0.619. The van der Waals surface area contributed by atoms with E-state index in [4.69, 9.17) is 5.73 Å². The monoisotopic (exact) mass is 428 g/mol. The predicted molar refractivity (Wildman–Crippen MR) is 104 cm³/mol. The molecule has 0 saturated carbocycles. The van der Waals surface area contributed by atoms with Gasteiger partial charge in [0, 0.05) is 28.7 Å². The zero-order valence-electron chi connectivity index (χ0n) is 14.3. The minimum absolute atomic E-state index is 0.0650. The lowest BCUT2D eigenvalue weighted by Crippen LogP contribution is -2.36. The lowest BCUT2D eigenvalue weighted by molar-refractivity contribution is -0.120. The van der Waals surface area contributed by atoms with Crippen molar-refractivity contribution in [2.45, 2.75) is 13.0 Å². The normalized spacial score (nSPS) is 10.6. The molecule has 0 bridgehead atoms. The maximum absolute atomic E-state index is 12.8. The summed E-state index contributed by atoms with van der Waals surface area (Å²) in [6.45, 7) is 0.0869. The predicted octanol–water partition coefficient (Wildman–Crippen LogP) is 2.01. The molecule has 2 aromatic carbocycles. The number of hydrogen-bond donors (Lipinski definition) is 1. The number of nitrogens with zero attached hydrogens (tertiary/aromatic N) is 5. The van der Waals surface area contributed by atoms with E-state index in [-0.39, 0.29) is 25.4 Å². The molecule has 3 rings (SSSR count). The van der Waals surface area contributed by atoms with Crippen molar-refractivity contribution in [3.8, 4) is 11.4 Å². The first kappa shape index (κ1) is 18.7. The lowest BCUT2D eigenvalue weighted by Gasteiger charge is -2.21. The Morgan fingerprint density at radius 3 is 2.44 bits per heavy atom. The van der Waals surface area contributed by atoms with Crippen molar-refractivity contribution in [2.24, 2.45) is 5.73 Å². The van der Waals surface area contributed by atoms with Gasteiger partial charge in [0.25, 0.3) is 5.91 Å². The molecule has 0 aliphatic carbocycles. The SMILES string of the molecule is NC(=O)CCN(C(=O)Cn1nnc(-c2ccc(Br)cc2)n1)c1ccccc1. The van der Waals surface area contributed by atoms with E-state index in [9.17, 15) is 9.59 Å². The number of carbonyl (C=O) groups is 2. The molecule has 1 heterocycles. The largest absolute Gasteiger partial charge is 0.370 e. The van der Waals surface area contributed by atoms with Crippen molar-refractivity contribution >= 4 is 33.4 Å². The van der Waals surface area contributed by atoms with Gasteiger partial charge in [-0.25, -0.2) is 0 Å². The molecule has 27 heavy (non-hydrogen) atoms. The summed E-state index contributed by atoms with van der Waals surface area (Å²) < 4.78 is 0.946. The number of nitrogens with two attached hydrogens (primary N) is 1. The first-order valence-corrected chi connectivity index (χ1v) is 8.99. The Kier molecular flexibility index (Phi) is 5.92. The maximum atomic E-state index is 12.8. The molecule has 0 saturated heterocycles. The van der Waals surface area contributed by atoms with Crippen LogP contribution in [0.3, 0.4) is 0 Å². The Bertz CT molecular complexity index is 927. The number of tetrazole rings is 1. The highest BCUT2D eigenvalue weighted by Gasteiger charge is 2.18. The third kappa shape index (κ3) is 4.98. The van der Waals surface area contributed by atoms with Gasteiger partial charge in [-0.3, -0.25) is 9.59 Å². The Balaban J connectivity index is 1.75. The van der Waals surface area contributed by atoms with Crippen LogP contribution in [0.15, 0.2) is 59.1 Å². The number of aromatic nitrogens is 4. The molecule has 0 unspecified atom stereocenters. The number of amides is 2. The molecule has 2 N–H and O–H groups in total. The van der Waals surface area contributed by atoms with Crippen molar-refractivity contribution in [2.75, 3.05) is 11.4 Å². The highest BCUT2D eigenvalue weighted by Crippen LogP contribution is 2.18. The van der Waals surface area contributed by atoms with Crippen LogP contribution in [0.4, 0.5) is 5.69 Å². The van der Waals surface area contributed by atoms with Gasteiger partial charge in [-0.05, 0) is 41.6 Å². The molecule has 0 spiro atoms. The zero-order chi connectivity index (χ0) is 19.2. The number of benzene rings is 2. The molecule has 1 aromatic heterocycles. The summed E-state index contributed by atoms with van der Waals surface area (Å²) in [4.78, 5) is 26.6. The van der Waals surface area contributed by atoms with Gasteiger partial charge in [0.1, 0.15) is 6.54 Å². The van der Waals surface area contributed by atoms with Gasteiger partial charge in [-0.1, -0.05) is 34.1 Å². The highest BCUT2D eigenvalue weighted by molar-refractivity contribution is 9.10. The highest BCUT2D eigenvalue weighted by atomic mass is 79.9. The number of para-hydroxylation sites is 1. The third-order valence-electron chi connectivity index (χ3n) is 3.78. The van der Waals surface area contributed by atoms with Crippen molar-refractivity contribution in [1.29, 1.82) is 0 Å². The standard InChI is InChI=1S/C18H17BrN6O2/c19-14-8-6-13(7-9-14)18-21-23-25(22-18)12-17(27)24(11-10-16(20)26)15-4-2-1-3-5-15/h1-9H,10-12H2,(H2,20,26). The van der Waals surface area contributed by atoms with E-state index in [2.05, 4.69) is 31.3 Å². The fourth-order valence-electron chi connectivity index (χ4n) is 2.46. The molecule has 2 amide bonds. The topological polar surface area (TPSA) is 107 Å². The molecule has 0 aliphatic rings. The molecule has 0 aliphatic heterocycles. The van der Waals surface area contributed by atoms with E-state index in [1.165, 1.54) is 9.70 Å². The second-order valence-corrected chi connectivity index (χ2v) is 6.66. The Morgan fingerprint density at radius 2 is 1.78 bits per heavy atom. The summed E-state index contributed by atoms with van der Waals surface area (Å²) in [5, 5.41) is 12.2. The average molecular weight is 429 g/mol. The fourth-order valence-corrected chi connectivity index (χ4v) is 2.72.